The van der Waals surface area contributed by atoms with E-state index in [4.69, 9.17) is 0 Å². The van der Waals surface area contributed by atoms with Crippen LogP contribution < -0.4 is 10.6 Å². The molecule has 1 aliphatic heterocycles. The van der Waals surface area contributed by atoms with Gasteiger partial charge in [0.25, 0.3) is 0 Å². The van der Waals surface area contributed by atoms with Crippen LogP contribution in [0.5, 0.6) is 0 Å². The van der Waals surface area contributed by atoms with E-state index in [9.17, 15) is 5.26 Å². The predicted octanol–water partition coefficient (Wildman–Crippen LogP) is 2.50. The quantitative estimate of drug-likeness (QED) is 0.853. The molecule has 0 amide bonds. The van der Waals surface area contributed by atoms with E-state index in [-0.39, 0.29) is 5.92 Å². The molecular formula is C16H21N3. The van der Waals surface area contributed by atoms with Crippen molar-refractivity contribution in [3.8, 4) is 6.07 Å². The molecule has 2 aliphatic rings. The zero-order valence-electron chi connectivity index (χ0n) is 11.2. The van der Waals surface area contributed by atoms with E-state index in [1.54, 1.807) is 0 Å². The predicted molar refractivity (Wildman–Crippen MR) is 75.4 cm³/mol. The minimum Gasteiger partial charge on any atom is -0.313 e. The van der Waals surface area contributed by atoms with Crippen molar-refractivity contribution in [3.05, 3.63) is 35.4 Å². The summed E-state index contributed by atoms with van der Waals surface area (Å²) in [5.74, 6) is 0.198. The molecule has 0 spiro atoms. The number of nitriles is 1. The van der Waals surface area contributed by atoms with Crippen molar-refractivity contribution < 1.29 is 0 Å². The van der Waals surface area contributed by atoms with Gasteiger partial charge in [-0.15, -0.1) is 0 Å². The lowest BCUT2D eigenvalue weighted by Crippen LogP contribution is -2.35. The summed E-state index contributed by atoms with van der Waals surface area (Å²) < 4.78 is 0. The molecule has 19 heavy (non-hydrogen) atoms. The molecule has 1 aromatic rings. The Morgan fingerprint density at radius 1 is 1.21 bits per heavy atom. The van der Waals surface area contributed by atoms with Crippen molar-refractivity contribution in [2.24, 2.45) is 5.92 Å². The van der Waals surface area contributed by atoms with E-state index in [0.717, 1.165) is 32.4 Å². The molecule has 0 radical (unpaired) electrons. The van der Waals surface area contributed by atoms with E-state index in [2.05, 4.69) is 41.0 Å². The van der Waals surface area contributed by atoms with Gasteiger partial charge in [-0.3, -0.25) is 0 Å². The number of fused-ring (bicyclic) bond motifs is 1. The van der Waals surface area contributed by atoms with Crippen LogP contribution in [-0.4, -0.2) is 12.6 Å². The van der Waals surface area contributed by atoms with Crippen LogP contribution >= 0.6 is 0 Å². The molecule has 3 heteroatoms. The molecule has 0 aromatic heterocycles. The monoisotopic (exact) mass is 255 g/mol. The third kappa shape index (κ3) is 2.65. The first-order chi connectivity index (χ1) is 9.38. The molecule has 3 rings (SSSR count). The van der Waals surface area contributed by atoms with Gasteiger partial charge in [0.15, 0.2) is 0 Å². The standard InChI is InChI=1S/C16H21N3/c17-10-12-5-3-7-15(12)19-16-8-9-18-11-13-4-1-2-6-14(13)16/h1-2,4,6,12,15-16,18-19H,3,5,7-9,11H2. The maximum atomic E-state index is 9.21. The summed E-state index contributed by atoms with van der Waals surface area (Å²) in [5.41, 5.74) is 2.81. The highest BCUT2D eigenvalue weighted by Gasteiger charge is 2.30. The maximum Gasteiger partial charge on any atom is 0.0672 e. The second kappa shape index (κ2) is 5.73. The Balaban J connectivity index is 1.79. The molecule has 1 saturated carbocycles. The van der Waals surface area contributed by atoms with Crippen LogP contribution in [0.15, 0.2) is 24.3 Å². The third-order valence-electron chi connectivity index (χ3n) is 4.45. The SMILES string of the molecule is N#CC1CCCC1NC1CCNCc2ccccc21. The lowest BCUT2D eigenvalue weighted by molar-refractivity contribution is 0.387. The van der Waals surface area contributed by atoms with Crippen molar-refractivity contribution in [2.45, 2.75) is 44.3 Å². The second-order valence-corrected chi connectivity index (χ2v) is 5.66. The summed E-state index contributed by atoms with van der Waals surface area (Å²) in [4.78, 5) is 0. The maximum absolute atomic E-state index is 9.21. The van der Waals surface area contributed by atoms with Gasteiger partial charge >= 0.3 is 0 Å². The van der Waals surface area contributed by atoms with E-state index in [1.807, 2.05) is 0 Å². The van der Waals surface area contributed by atoms with Gasteiger partial charge in [-0.1, -0.05) is 30.7 Å². The van der Waals surface area contributed by atoms with Crippen LogP contribution in [0.2, 0.25) is 0 Å². The molecule has 100 valence electrons. The van der Waals surface area contributed by atoms with E-state index < -0.39 is 0 Å². The summed E-state index contributed by atoms with van der Waals surface area (Å²) in [6.07, 6.45) is 4.49. The van der Waals surface area contributed by atoms with Crippen LogP contribution in [-0.2, 0) is 6.54 Å². The van der Waals surface area contributed by atoms with Gasteiger partial charge in [0.2, 0.25) is 0 Å². The fraction of sp³-hybridized carbons (Fsp3) is 0.562. The Morgan fingerprint density at radius 3 is 3.00 bits per heavy atom. The molecule has 1 aromatic carbocycles. The molecule has 3 nitrogen and oxygen atoms in total. The number of nitrogens with zero attached hydrogens (tertiary/aromatic N) is 1. The Hall–Kier alpha value is -1.37. The molecule has 3 atom stereocenters. The van der Waals surface area contributed by atoms with E-state index >= 15 is 0 Å². The topological polar surface area (TPSA) is 47.9 Å². The average Bonchev–Trinajstić information content (AvgIpc) is 2.80. The highest BCUT2D eigenvalue weighted by atomic mass is 15.0. The minimum absolute atomic E-state index is 0.198. The molecule has 1 fully saturated rings. The number of nitrogens with one attached hydrogen (secondary N) is 2. The zero-order valence-corrected chi connectivity index (χ0v) is 11.2. The molecule has 1 aliphatic carbocycles. The lowest BCUT2D eigenvalue weighted by atomic mass is 9.96. The van der Waals surface area contributed by atoms with Gasteiger partial charge in [0.05, 0.1) is 12.0 Å². The first-order valence-corrected chi connectivity index (χ1v) is 7.32. The highest BCUT2D eigenvalue weighted by Crippen LogP contribution is 2.30. The Bertz CT molecular complexity index is 477. The van der Waals surface area contributed by atoms with Gasteiger partial charge in [-0.05, 0) is 36.9 Å². The normalized spacial score (nSPS) is 30.4. The number of hydrogen-bond acceptors (Lipinski definition) is 3. The van der Waals surface area contributed by atoms with Crippen LogP contribution in [0, 0.1) is 17.2 Å². The summed E-state index contributed by atoms with van der Waals surface area (Å²) >= 11 is 0. The van der Waals surface area contributed by atoms with Gasteiger partial charge < -0.3 is 10.6 Å². The van der Waals surface area contributed by atoms with Crippen molar-refractivity contribution in [2.75, 3.05) is 6.54 Å². The van der Waals surface area contributed by atoms with Crippen molar-refractivity contribution in [3.63, 3.8) is 0 Å². The Kier molecular flexibility index (Phi) is 3.82. The van der Waals surface area contributed by atoms with Crippen molar-refractivity contribution in [1.29, 1.82) is 5.26 Å². The van der Waals surface area contributed by atoms with E-state index in [0.29, 0.717) is 12.1 Å². The van der Waals surface area contributed by atoms with Crippen LogP contribution in [0.25, 0.3) is 0 Å². The number of benzene rings is 1. The number of hydrogen-bond donors (Lipinski definition) is 2. The van der Waals surface area contributed by atoms with Crippen LogP contribution in [0.3, 0.4) is 0 Å². The minimum atomic E-state index is 0.198. The zero-order chi connectivity index (χ0) is 13.1. The molecular weight excluding hydrogens is 234 g/mol. The second-order valence-electron chi connectivity index (χ2n) is 5.66. The first-order valence-electron chi connectivity index (χ1n) is 7.32. The lowest BCUT2D eigenvalue weighted by Gasteiger charge is -2.25. The average molecular weight is 255 g/mol. The Morgan fingerprint density at radius 2 is 2.11 bits per heavy atom. The smallest absolute Gasteiger partial charge is 0.0672 e. The number of rotatable bonds is 2. The van der Waals surface area contributed by atoms with Crippen molar-refractivity contribution >= 4 is 0 Å². The highest BCUT2D eigenvalue weighted by molar-refractivity contribution is 5.31. The first kappa shape index (κ1) is 12.7. The largest absolute Gasteiger partial charge is 0.313 e. The van der Waals surface area contributed by atoms with Crippen LogP contribution in [0.1, 0.15) is 42.9 Å². The van der Waals surface area contributed by atoms with Crippen molar-refractivity contribution in [1.82, 2.24) is 10.6 Å². The van der Waals surface area contributed by atoms with Gasteiger partial charge in [0, 0.05) is 18.6 Å². The summed E-state index contributed by atoms with van der Waals surface area (Å²) in [6, 6.07) is 11.9. The molecule has 3 unspecified atom stereocenters. The van der Waals surface area contributed by atoms with Gasteiger partial charge in [-0.25, -0.2) is 0 Å². The van der Waals surface area contributed by atoms with Gasteiger partial charge in [0.1, 0.15) is 0 Å². The molecule has 2 N–H and O–H groups in total. The summed E-state index contributed by atoms with van der Waals surface area (Å²) in [6.45, 7) is 2.00. The summed E-state index contributed by atoms with van der Waals surface area (Å²) in [5, 5.41) is 16.4. The third-order valence-corrected chi connectivity index (χ3v) is 4.45. The molecule has 0 bridgehead atoms. The molecule has 0 saturated heterocycles. The Labute approximate surface area is 115 Å². The molecule has 1 heterocycles. The van der Waals surface area contributed by atoms with Gasteiger partial charge in [-0.2, -0.15) is 5.26 Å². The fourth-order valence-electron chi connectivity index (χ4n) is 3.41. The fourth-order valence-corrected chi connectivity index (χ4v) is 3.41. The van der Waals surface area contributed by atoms with E-state index in [1.165, 1.54) is 17.5 Å². The van der Waals surface area contributed by atoms with Crippen LogP contribution in [0.4, 0.5) is 0 Å². The summed E-state index contributed by atoms with van der Waals surface area (Å²) in [7, 11) is 0.